The largest absolute Gasteiger partial charge is 0.374 e. The minimum atomic E-state index is -3.53. The van der Waals surface area contributed by atoms with Crippen molar-refractivity contribution < 1.29 is 13.2 Å². The molecule has 0 spiro atoms. The lowest BCUT2D eigenvalue weighted by Gasteiger charge is -2.27. The van der Waals surface area contributed by atoms with Crippen LogP contribution in [0.15, 0.2) is 32.0 Å². The van der Waals surface area contributed by atoms with Crippen LogP contribution in [-0.4, -0.2) is 52.1 Å². The first-order valence-corrected chi connectivity index (χ1v) is 9.17. The van der Waals surface area contributed by atoms with E-state index in [0.717, 1.165) is 11.0 Å². The Morgan fingerprint density at radius 2 is 2.20 bits per heavy atom. The van der Waals surface area contributed by atoms with E-state index in [1.54, 1.807) is 25.2 Å². The number of ether oxygens (including phenoxy) is 1. The highest BCUT2D eigenvalue weighted by Gasteiger charge is 2.26. The van der Waals surface area contributed by atoms with Gasteiger partial charge in [0, 0.05) is 35.6 Å². The van der Waals surface area contributed by atoms with Crippen molar-refractivity contribution in [3.8, 4) is 0 Å². The molecule has 1 heterocycles. The maximum Gasteiger partial charge on any atom is 0.244 e. The third-order valence-corrected chi connectivity index (χ3v) is 6.34. The second-order valence-electron chi connectivity index (χ2n) is 4.56. The van der Waals surface area contributed by atoms with E-state index >= 15 is 0 Å². The summed E-state index contributed by atoms with van der Waals surface area (Å²) in [6, 6.07) is 5.02. The summed E-state index contributed by atoms with van der Waals surface area (Å²) < 4.78 is 33.3. The molecule has 20 heavy (non-hydrogen) atoms. The van der Waals surface area contributed by atoms with Crippen LogP contribution in [0.3, 0.4) is 0 Å². The minimum absolute atomic E-state index is 0.113. The van der Waals surface area contributed by atoms with Gasteiger partial charge >= 0.3 is 0 Å². The van der Waals surface area contributed by atoms with Crippen molar-refractivity contribution in [1.82, 2.24) is 9.62 Å². The summed E-state index contributed by atoms with van der Waals surface area (Å²) >= 11 is 6.61. The molecule has 112 valence electrons. The zero-order valence-electron chi connectivity index (χ0n) is 11.0. The molecule has 1 fully saturated rings. The van der Waals surface area contributed by atoms with Crippen LogP contribution in [0, 0.1) is 0 Å². The van der Waals surface area contributed by atoms with Crippen molar-refractivity contribution in [3.63, 3.8) is 0 Å². The number of hydrogen-bond donors (Lipinski definition) is 1. The number of sulfonamides is 1. The Kier molecular flexibility index (Phi) is 5.61. The van der Waals surface area contributed by atoms with Gasteiger partial charge < -0.3 is 10.1 Å². The van der Waals surface area contributed by atoms with Crippen LogP contribution < -0.4 is 5.32 Å². The van der Waals surface area contributed by atoms with E-state index in [2.05, 4.69) is 37.2 Å². The van der Waals surface area contributed by atoms with Crippen LogP contribution >= 0.6 is 31.9 Å². The molecule has 1 saturated heterocycles. The van der Waals surface area contributed by atoms with Crippen LogP contribution in [0.2, 0.25) is 0 Å². The molecule has 1 atom stereocenters. The number of benzene rings is 1. The molecule has 1 N–H and O–H groups in total. The summed E-state index contributed by atoms with van der Waals surface area (Å²) in [5.74, 6) is 0. The molecule has 8 heteroatoms. The maximum absolute atomic E-state index is 12.5. The average molecular weight is 428 g/mol. The minimum Gasteiger partial charge on any atom is -0.374 e. The third kappa shape index (κ3) is 3.80. The predicted octanol–water partition coefficient (Wildman–Crippen LogP) is 1.82. The lowest BCUT2D eigenvalue weighted by molar-refractivity contribution is 0.0206. The van der Waals surface area contributed by atoms with Gasteiger partial charge in [0.05, 0.1) is 17.6 Å². The fourth-order valence-electron chi connectivity index (χ4n) is 1.97. The van der Waals surface area contributed by atoms with Crippen LogP contribution in [0.25, 0.3) is 0 Å². The Balaban J connectivity index is 2.16. The first-order valence-electron chi connectivity index (χ1n) is 6.15. The van der Waals surface area contributed by atoms with Gasteiger partial charge in [-0.1, -0.05) is 15.9 Å². The van der Waals surface area contributed by atoms with E-state index < -0.39 is 10.0 Å². The van der Waals surface area contributed by atoms with Gasteiger partial charge in [0.25, 0.3) is 0 Å². The summed E-state index contributed by atoms with van der Waals surface area (Å²) in [7, 11) is -1.96. The Bertz CT molecular complexity index is 574. The topological polar surface area (TPSA) is 58.6 Å². The van der Waals surface area contributed by atoms with Gasteiger partial charge in [-0.2, -0.15) is 4.31 Å². The van der Waals surface area contributed by atoms with Gasteiger partial charge in [-0.15, -0.1) is 0 Å². The molecule has 5 nitrogen and oxygen atoms in total. The number of nitrogens with one attached hydrogen (secondary N) is 1. The van der Waals surface area contributed by atoms with Gasteiger partial charge in [-0.05, 0) is 34.1 Å². The molecule has 0 radical (unpaired) electrons. The van der Waals surface area contributed by atoms with Crippen LogP contribution in [-0.2, 0) is 14.8 Å². The molecule has 0 bridgehead atoms. The van der Waals surface area contributed by atoms with E-state index in [9.17, 15) is 8.42 Å². The molecule has 0 aromatic heterocycles. The van der Waals surface area contributed by atoms with E-state index in [0.29, 0.717) is 24.2 Å². The highest BCUT2D eigenvalue weighted by molar-refractivity contribution is 9.11. The molecule has 0 aliphatic carbocycles. The average Bonchev–Trinajstić information content (AvgIpc) is 2.39. The second kappa shape index (κ2) is 6.85. The Labute approximate surface area is 136 Å². The predicted molar refractivity (Wildman–Crippen MR) is 84.3 cm³/mol. The SMILES string of the molecule is CN(CC1CNCCO1)S(=O)(=O)c1ccc(Br)cc1Br. The normalized spacial score (nSPS) is 20.3. The Morgan fingerprint density at radius 1 is 1.45 bits per heavy atom. The smallest absolute Gasteiger partial charge is 0.244 e. The maximum atomic E-state index is 12.5. The molecule has 1 unspecified atom stereocenters. The molecule has 1 aromatic rings. The fourth-order valence-corrected chi connectivity index (χ4v) is 4.88. The summed E-state index contributed by atoms with van der Waals surface area (Å²) in [4.78, 5) is 0.256. The summed E-state index contributed by atoms with van der Waals surface area (Å²) in [5.41, 5.74) is 0. The van der Waals surface area contributed by atoms with Crippen molar-refractivity contribution in [2.75, 3.05) is 33.3 Å². The summed E-state index contributed by atoms with van der Waals surface area (Å²) in [6.07, 6.45) is -0.113. The van der Waals surface area contributed by atoms with Gasteiger partial charge in [-0.25, -0.2) is 8.42 Å². The van der Waals surface area contributed by atoms with E-state index in [-0.39, 0.29) is 11.0 Å². The van der Waals surface area contributed by atoms with Crippen molar-refractivity contribution in [2.45, 2.75) is 11.0 Å². The third-order valence-electron chi connectivity index (χ3n) is 3.05. The number of morpholine rings is 1. The van der Waals surface area contributed by atoms with E-state index in [4.69, 9.17) is 4.74 Å². The molecule has 0 saturated carbocycles. The Hall–Kier alpha value is 0.01000. The summed E-state index contributed by atoms with van der Waals surface area (Å²) in [6.45, 7) is 2.42. The number of nitrogens with zero attached hydrogens (tertiary/aromatic N) is 1. The molecule has 1 aromatic carbocycles. The summed E-state index contributed by atoms with van der Waals surface area (Å²) in [5, 5.41) is 3.19. The van der Waals surface area contributed by atoms with E-state index in [1.165, 1.54) is 4.31 Å². The first-order chi connectivity index (χ1) is 9.41. The highest BCUT2D eigenvalue weighted by atomic mass is 79.9. The van der Waals surface area contributed by atoms with Crippen molar-refractivity contribution in [2.24, 2.45) is 0 Å². The standard InChI is InChI=1S/C12H16Br2N2O3S/c1-16(8-10-7-15-4-5-19-10)20(17,18)12-3-2-9(13)6-11(12)14/h2-3,6,10,15H,4-5,7-8H2,1H3. The zero-order valence-corrected chi connectivity index (χ0v) is 15.0. The van der Waals surface area contributed by atoms with Crippen molar-refractivity contribution in [1.29, 1.82) is 0 Å². The number of likely N-dealkylation sites (N-methyl/N-ethyl adjacent to an activating group) is 1. The first kappa shape index (κ1) is 16.4. The van der Waals surface area contributed by atoms with Gasteiger partial charge in [0.2, 0.25) is 10.0 Å². The second-order valence-corrected chi connectivity index (χ2v) is 8.34. The molecular formula is C12H16Br2N2O3S. The van der Waals surface area contributed by atoms with Gasteiger partial charge in [-0.3, -0.25) is 0 Å². The van der Waals surface area contributed by atoms with Crippen LogP contribution in [0.5, 0.6) is 0 Å². The fraction of sp³-hybridized carbons (Fsp3) is 0.500. The van der Waals surface area contributed by atoms with Gasteiger partial charge in [0.1, 0.15) is 0 Å². The Morgan fingerprint density at radius 3 is 2.80 bits per heavy atom. The molecule has 1 aliphatic rings. The number of rotatable bonds is 4. The highest BCUT2D eigenvalue weighted by Crippen LogP contribution is 2.27. The number of halogens is 2. The molecule has 2 rings (SSSR count). The van der Waals surface area contributed by atoms with Gasteiger partial charge in [0.15, 0.2) is 0 Å². The monoisotopic (exact) mass is 426 g/mol. The molecule has 0 amide bonds. The molecular weight excluding hydrogens is 412 g/mol. The van der Waals surface area contributed by atoms with Crippen LogP contribution in [0.4, 0.5) is 0 Å². The van der Waals surface area contributed by atoms with E-state index in [1.807, 2.05) is 0 Å². The lowest BCUT2D eigenvalue weighted by Crippen LogP contribution is -2.45. The molecule has 1 aliphatic heterocycles. The van der Waals surface area contributed by atoms with Crippen molar-refractivity contribution in [3.05, 3.63) is 27.1 Å². The lowest BCUT2D eigenvalue weighted by atomic mass is 10.3. The quantitative estimate of drug-likeness (QED) is 0.796. The van der Waals surface area contributed by atoms with Crippen molar-refractivity contribution >= 4 is 41.9 Å². The number of hydrogen-bond acceptors (Lipinski definition) is 4. The zero-order chi connectivity index (χ0) is 14.8. The van der Waals surface area contributed by atoms with Crippen LogP contribution in [0.1, 0.15) is 0 Å².